The fourth-order valence-electron chi connectivity index (χ4n) is 16.0. The number of aromatic nitrogens is 4. The first-order chi connectivity index (χ1) is 65.1. The van der Waals surface area contributed by atoms with Crippen molar-refractivity contribution in [3.8, 4) is 45.8 Å². The predicted octanol–water partition coefficient (Wildman–Crippen LogP) is 17.2. The number of anilines is 2. The van der Waals surface area contributed by atoms with Gasteiger partial charge in [-0.25, -0.2) is 43.9 Å². The van der Waals surface area contributed by atoms with Crippen LogP contribution in [0.3, 0.4) is 0 Å². The monoisotopic (exact) mass is 2020 g/mol. The van der Waals surface area contributed by atoms with Crippen molar-refractivity contribution in [1.29, 1.82) is 0 Å². The van der Waals surface area contributed by atoms with E-state index in [1.54, 1.807) is 98.2 Å². The Morgan fingerprint density at radius 3 is 1.22 bits per heavy atom. The molecule has 2 saturated heterocycles. The normalized spacial score (nSPS) is 20.8. The van der Waals surface area contributed by atoms with E-state index in [0.717, 1.165) is 43.7 Å². The van der Waals surface area contributed by atoms with Crippen LogP contribution < -0.4 is 50.8 Å². The molecule has 6 fully saturated rings. The van der Waals surface area contributed by atoms with Crippen molar-refractivity contribution >= 4 is 136 Å². The van der Waals surface area contributed by atoms with Crippen LogP contribution in [-0.2, 0) is 75.3 Å². The zero-order valence-corrected chi connectivity index (χ0v) is 85.7. The number of nitrogens with one attached hydrogen (secondary N) is 6. The van der Waals surface area contributed by atoms with Crippen LogP contribution in [0.4, 0.5) is 34.2 Å². The number of carbonyl (C=O) groups excluding carboxylic acids is 9. The van der Waals surface area contributed by atoms with Gasteiger partial charge in [-0.15, -0.1) is 35.8 Å². The third-order valence-corrected chi connectivity index (χ3v) is 29.1. The summed E-state index contributed by atoms with van der Waals surface area (Å²) in [4.78, 5) is 163. The average Bonchev–Trinajstić information content (AvgIpc) is 1.56. The van der Waals surface area contributed by atoms with Crippen LogP contribution in [0.2, 0.25) is 0 Å². The van der Waals surface area contributed by atoms with Gasteiger partial charge in [0.15, 0.2) is 16.3 Å². The zero-order chi connectivity index (χ0) is 101. The smallest absolute Gasteiger partial charge is 0.497 e. The summed E-state index contributed by atoms with van der Waals surface area (Å²) in [6.07, 6.45) is 2.82. The van der Waals surface area contributed by atoms with Crippen molar-refractivity contribution in [2.24, 2.45) is 40.4 Å². The largest absolute Gasteiger partial charge is 0.510 e. The van der Waals surface area contributed by atoms with Crippen molar-refractivity contribution in [2.75, 3.05) is 77.4 Å². The maximum atomic E-state index is 15.1. The van der Waals surface area contributed by atoms with Crippen molar-refractivity contribution in [2.45, 2.75) is 259 Å². The molecule has 6 heterocycles. The molecular formula is C94H133ClN12O27P2S2. The standard InChI is InChI=1S/C50H71N6O15PS.C38H51N6O9PS.C6H11ClO3/c1-12-32-22-50(32,72(62,68-27-66-47(60)64-24-29(2)3)69-28-67-48(61)65-25-30(4)5)55-43(57)40-20-35(23-56(40)44(58)42(49(8,9)10)54-46(59)71-33-15-13-14-16-33)70-41-21-38(39-26-73-45(53-39)51-31(6)7)52-37-19-34(63-11)17-18-36(37)41;1-8-22-18-38(22,54(48,49)50)43-33(45)30-16-25(19-44(30)34(46)32(37(4,5)6)42-36(47)53-23-11-9-10-12-23)52-31-17-28(29-20-55-35(41-29)39-21(2)3)40-27-15-24(51-7)13-14-26(27)31;1-5(2)3-9-6(8)10-4-7/h12,17-19,21,26,29-33,35,40,42H,1,13-16,20,22-25,27-28H2,2-11H3,(H,51,53)(H,54,59)(H,55,57);8,13-15,17,20-23,25,30,32H,1,9-12,16,18-19H2,2-7H3,(H,39,41)(H,42,47)(H,43,45)(H2,48,49,50);5H,3-4H2,1-2H3/t32-,35-,40+,42-,50+;22-,25-,30+,32-,38+;/m11./s1. The summed E-state index contributed by atoms with van der Waals surface area (Å²) in [5, 5.41) is 20.4. The lowest BCUT2D eigenvalue weighted by Gasteiger charge is -2.36. The summed E-state index contributed by atoms with van der Waals surface area (Å²) in [7, 11) is -6.46. The number of ether oxygens (including phenoxy) is 12. The first-order valence-electron chi connectivity index (χ1n) is 46.2. The second-order valence-electron chi connectivity index (χ2n) is 38.8. The highest BCUT2D eigenvalue weighted by molar-refractivity contribution is 7.56. The Morgan fingerprint density at radius 1 is 0.522 bits per heavy atom. The minimum absolute atomic E-state index is 0.00650. The van der Waals surface area contributed by atoms with Gasteiger partial charge in [0.05, 0.1) is 69.6 Å². The van der Waals surface area contributed by atoms with Crippen molar-refractivity contribution < 1.29 is 128 Å². The molecule has 760 valence electrons. The van der Waals surface area contributed by atoms with E-state index >= 15 is 14.2 Å². The summed E-state index contributed by atoms with van der Waals surface area (Å²) in [6.45, 7) is 35.9. The van der Waals surface area contributed by atoms with E-state index < -0.39 is 153 Å². The van der Waals surface area contributed by atoms with Crippen LogP contribution in [0.1, 0.15) is 188 Å². The number of carbonyl (C=O) groups is 9. The molecule has 6 aliphatic rings. The molecule has 10 atom stereocenters. The Bertz CT molecular complexity index is 5330. The number of amides is 6. The maximum absolute atomic E-state index is 15.1. The van der Waals surface area contributed by atoms with E-state index in [4.69, 9.17) is 88.0 Å². The highest BCUT2D eigenvalue weighted by atomic mass is 35.5. The number of fused-ring (bicyclic) bond motifs is 2. The second kappa shape index (κ2) is 48.2. The number of benzene rings is 2. The molecule has 0 spiro atoms. The molecular weight excluding hydrogens is 1890 g/mol. The lowest BCUT2D eigenvalue weighted by atomic mass is 9.85. The first kappa shape index (κ1) is 110. The molecule has 4 aromatic heterocycles. The third kappa shape index (κ3) is 29.4. The van der Waals surface area contributed by atoms with Crippen molar-refractivity contribution in [3.63, 3.8) is 0 Å². The molecule has 4 aliphatic carbocycles. The van der Waals surface area contributed by atoms with Crippen LogP contribution in [0.25, 0.3) is 44.6 Å². The number of nitrogens with zero attached hydrogens (tertiary/aromatic N) is 6. The lowest BCUT2D eigenvalue weighted by Crippen LogP contribution is -2.58. The van der Waals surface area contributed by atoms with Gasteiger partial charge in [-0.1, -0.05) is 107 Å². The SMILES string of the molecule is C=C[C@@H]1C[C@]1(NC(=O)[C@@H]1C[C@@H](Oc2cc(-c3csc(NC(C)C)n3)nc3cc(OC)ccc23)CN1C(=O)[C@@H](NC(=O)OC1CCCC1)C(C)(C)C)P(=O)(O)O.C=C[C@@H]1C[C@]1(NC(=O)[C@@H]1C[C@@H](Oc2cc(-c3csc(NC(C)C)n3)nc3cc(OC)ccc23)CN1C(=O)[C@@H](NC(=O)OC1CCCC1)C(C)(C)C)P(=O)(OCOC(=O)OCC(C)C)OCOC(=O)OCC(C)C.CC(C)COC(=O)OCCl. The number of thiazole rings is 2. The molecule has 2 aromatic carbocycles. The van der Waals surface area contributed by atoms with Gasteiger partial charge in [-0.2, -0.15) is 0 Å². The quantitative estimate of drug-likeness (QED) is 0.00444. The topological polar surface area (TPSA) is 488 Å². The summed E-state index contributed by atoms with van der Waals surface area (Å²) in [5.74, 6) is -1.86. The number of hydrogen-bond acceptors (Lipinski definition) is 33. The fourth-order valence-corrected chi connectivity index (χ4v) is 21.2. The number of pyridine rings is 2. The molecule has 138 heavy (non-hydrogen) atoms. The van der Waals surface area contributed by atoms with Gasteiger partial charge >= 0.3 is 45.8 Å². The van der Waals surface area contributed by atoms with E-state index in [1.165, 1.54) is 44.6 Å². The number of alkyl carbamates (subject to hydrolysis) is 2. The fraction of sp³-hybridized carbons (Fsp3) is 0.606. The van der Waals surface area contributed by atoms with Gasteiger partial charge < -0.3 is 108 Å². The van der Waals surface area contributed by atoms with Crippen molar-refractivity contribution in [1.82, 2.24) is 51.0 Å². The number of likely N-dealkylation sites (tertiary alicyclic amines) is 2. The molecule has 0 unspecified atom stereocenters. The second-order valence-corrected chi connectivity index (χ2v) is 44.9. The molecule has 6 amide bonds. The molecule has 39 nitrogen and oxygen atoms in total. The Morgan fingerprint density at radius 2 is 0.891 bits per heavy atom. The van der Waals surface area contributed by atoms with Crippen LogP contribution in [0.15, 0.2) is 84.6 Å². The molecule has 8 N–H and O–H groups in total. The van der Waals surface area contributed by atoms with Gasteiger partial charge in [-0.05, 0) is 145 Å². The number of hydrogen-bond donors (Lipinski definition) is 8. The van der Waals surface area contributed by atoms with Crippen molar-refractivity contribution in [3.05, 3.63) is 84.6 Å². The van der Waals surface area contributed by atoms with E-state index in [9.17, 15) is 47.9 Å². The van der Waals surface area contributed by atoms with Gasteiger partial charge in [0, 0.05) is 82.6 Å². The summed E-state index contributed by atoms with van der Waals surface area (Å²) < 4.78 is 104. The molecule has 2 aliphatic heterocycles. The Balaban J connectivity index is 0.000000266. The van der Waals surface area contributed by atoms with Crippen LogP contribution >= 0.6 is 49.5 Å². The molecule has 4 saturated carbocycles. The molecule has 0 bridgehead atoms. The lowest BCUT2D eigenvalue weighted by molar-refractivity contribution is -0.142. The van der Waals surface area contributed by atoms with Crippen LogP contribution in [0.5, 0.6) is 23.0 Å². The highest BCUT2D eigenvalue weighted by Gasteiger charge is 2.70. The Labute approximate surface area is 817 Å². The first-order valence-corrected chi connectivity index (χ1v) is 51.7. The van der Waals surface area contributed by atoms with E-state index in [2.05, 4.69) is 54.5 Å². The molecule has 12 rings (SSSR count). The number of methoxy groups -OCH3 is 2. The van der Waals surface area contributed by atoms with E-state index in [0.29, 0.717) is 98.1 Å². The third-order valence-electron chi connectivity index (χ3n) is 23.3. The number of rotatable bonds is 39. The van der Waals surface area contributed by atoms with Gasteiger partial charge in [0.2, 0.25) is 37.2 Å². The summed E-state index contributed by atoms with van der Waals surface area (Å²) in [6, 6.07) is 9.58. The summed E-state index contributed by atoms with van der Waals surface area (Å²) in [5.41, 5.74) is 1.64. The average molecular weight is 2020 g/mol. The van der Waals surface area contributed by atoms with Gasteiger partial charge in [0.25, 0.3) is 0 Å². The van der Waals surface area contributed by atoms with Gasteiger partial charge in [0.1, 0.15) is 93.5 Å². The van der Waals surface area contributed by atoms with Gasteiger partial charge in [-0.3, -0.25) is 37.4 Å². The highest BCUT2D eigenvalue weighted by Crippen LogP contribution is 2.73. The van der Waals surface area contributed by atoms with E-state index in [-0.39, 0.29) is 94.2 Å². The Hall–Kier alpha value is -10.4. The maximum Gasteiger partial charge on any atom is 0.510 e. The molecule has 0 radical (unpaired) electrons. The minimum atomic E-state index is -4.83. The number of alkyl halides is 1. The summed E-state index contributed by atoms with van der Waals surface area (Å²) >= 11 is 7.96. The molecule has 44 heteroatoms. The zero-order valence-electron chi connectivity index (χ0n) is 81.5. The minimum Gasteiger partial charge on any atom is -0.497 e. The van der Waals surface area contributed by atoms with Crippen LogP contribution in [-0.4, -0.2) is 232 Å². The van der Waals surface area contributed by atoms with Crippen LogP contribution in [0, 0.1) is 40.4 Å². The predicted molar refractivity (Wildman–Crippen MR) is 518 cm³/mol. The molecule has 6 aromatic rings. The number of halogens is 1. The van der Waals surface area contributed by atoms with E-state index in [1.807, 2.05) is 86.1 Å². The Kier molecular flexibility index (Phi) is 38.3.